The molecule has 1 N–H and O–H groups in total. The molecule has 0 saturated heterocycles. The van der Waals surface area contributed by atoms with Crippen LogP contribution in [0.3, 0.4) is 0 Å². The molecule has 0 radical (unpaired) electrons. The molecule has 0 aliphatic carbocycles. The van der Waals surface area contributed by atoms with Crippen LogP contribution in [0, 0.1) is 0 Å². The summed E-state index contributed by atoms with van der Waals surface area (Å²) in [6.45, 7) is 6.86. The number of rotatable bonds is 7. The third-order valence-electron chi connectivity index (χ3n) is 2.71. The zero-order valence-electron chi connectivity index (χ0n) is 9.74. The van der Waals surface area contributed by atoms with Crippen molar-refractivity contribution in [3.63, 3.8) is 0 Å². The number of nitrogens with zero attached hydrogens (tertiary/aromatic N) is 2. The normalized spacial score (nSPS) is 12.7. The molecule has 84 valence electrons. The number of hydrogen-bond donors (Lipinski definition) is 1. The first-order valence-corrected chi connectivity index (χ1v) is 5.59. The van der Waals surface area contributed by atoms with Crippen molar-refractivity contribution in [3.8, 4) is 0 Å². The monoisotopic (exact) mass is 207 g/mol. The molecule has 0 aliphatic heterocycles. The molecule has 0 saturated carbocycles. The van der Waals surface area contributed by atoms with E-state index in [9.17, 15) is 0 Å². The third-order valence-corrected chi connectivity index (χ3v) is 2.71. The fourth-order valence-corrected chi connectivity index (χ4v) is 1.59. The van der Waals surface area contributed by atoms with Crippen molar-refractivity contribution in [2.45, 2.75) is 38.8 Å². The van der Waals surface area contributed by atoms with Gasteiger partial charge in [0.2, 0.25) is 0 Å². The highest BCUT2D eigenvalue weighted by molar-refractivity contribution is 4.99. The summed E-state index contributed by atoms with van der Waals surface area (Å²) in [5.74, 6) is 0. The van der Waals surface area contributed by atoms with Gasteiger partial charge >= 0.3 is 0 Å². The van der Waals surface area contributed by atoms with E-state index >= 15 is 0 Å². The van der Waals surface area contributed by atoms with E-state index in [1.165, 1.54) is 5.69 Å². The molecule has 15 heavy (non-hydrogen) atoms. The maximum absolute atomic E-state index is 4.14. The van der Waals surface area contributed by atoms with Crippen molar-refractivity contribution >= 4 is 0 Å². The molecule has 1 aromatic heterocycles. The average Bonchev–Trinajstić information content (AvgIpc) is 2.65. The number of nitrogens with one attached hydrogen (secondary N) is 1. The molecule has 1 aromatic rings. The molecule has 0 spiro atoms. The Morgan fingerprint density at radius 1 is 1.67 bits per heavy atom. The minimum absolute atomic E-state index is 0.581. The molecule has 1 atom stereocenters. The van der Waals surface area contributed by atoms with Gasteiger partial charge in [0.25, 0.3) is 0 Å². The molecule has 0 aliphatic rings. The van der Waals surface area contributed by atoms with Crippen LogP contribution in [0.25, 0.3) is 0 Å². The van der Waals surface area contributed by atoms with Gasteiger partial charge in [0.05, 0.1) is 5.69 Å². The zero-order chi connectivity index (χ0) is 11.1. The SMILES string of the molecule is C=CCC[C@@H](CC)NCc1ccnn1C. The van der Waals surface area contributed by atoms with Crippen LogP contribution < -0.4 is 5.32 Å². The van der Waals surface area contributed by atoms with Crippen molar-refractivity contribution in [1.29, 1.82) is 0 Å². The van der Waals surface area contributed by atoms with Crippen LogP contribution in [-0.2, 0) is 13.6 Å². The van der Waals surface area contributed by atoms with E-state index in [0.29, 0.717) is 6.04 Å². The molecule has 3 nitrogen and oxygen atoms in total. The maximum atomic E-state index is 4.14. The summed E-state index contributed by atoms with van der Waals surface area (Å²) in [4.78, 5) is 0. The Labute approximate surface area is 92.2 Å². The Morgan fingerprint density at radius 3 is 3.00 bits per heavy atom. The Bertz CT molecular complexity index is 291. The minimum atomic E-state index is 0.581. The van der Waals surface area contributed by atoms with Crippen LogP contribution in [-0.4, -0.2) is 15.8 Å². The predicted octanol–water partition coefficient (Wildman–Crippen LogP) is 2.25. The lowest BCUT2D eigenvalue weighted by molar-refractivity contribution is 0.460. The van der Waals surface area contributed by atoms with Crippen LogP contribution in [0.1, 0.15) is 31.9 Å². The summed E-state index contributed by atoms with van der Waals surface area (Å²) in [5.41, 5.74) is 1.23. The summed E-state index contributed by atoms with van der Waals surface area (Å²) < 4.78 is 1.91. The second-order valence-corrected chi connectivity index (χ2v) is 3.80. The van der Waals surface area contributed by atoms with Crippen LogP contribution in [0.2, 0.25) is 0 Å². The van der Waals surface area contributed by atoms with Gasteiger partial charge in [-0.15, -0.1) is 6.58 Å². The van der Waals surface area contributed by atoms with Crippen LogP contribution in [0.15, 0.2) is 24.9 Å². The smallest absolute Gasteiger partial charge is 0.0518 e. The van der Waals surface area contributed by atoms with Crippen molar-refractivity contribution < 1.29 is 0 Å². The Morgan fingerprint density at radius 2 is 2.47 bits per heavy atom. The van der Waals surface area contributed by atoms with Gasteiger partial charge in [-0.2, -0.15) is 5.10 Å². The lowest BCUT2D eigenvalue weighted by atomic mass is 10.1. The fraction of sp³-hybridized carbons (Fsp3) is 0.583. The van der Waals surface area contributed by atoms with Gasteiger partial charge in [-0.3, -0.25) is 4.68 Å². The molecule has 0 unspecified atom stereocenters. The molecule has 0 aromatic carbocycles. The van der Waals surface area contributed by atoms with Gasteiger partial charge in [0, 0.05) is 25.8 Å². The van der Waals surface area contributed by atoms with Crippen LogP contribution in [0.4, 0.5) is 0 Å². The van der Waals surface area contributed by atoms with E-state index in [1.807, 2.05) is 30.1 Å². The highest BCUT2D eigenvalue weighted by atomic mass is 15.3. The van der Waals surface area contributed by atoms with Gasteiger partial charge in [0.15, 0.2) is 0 Å². The van der Waals surface area contributed by atoms with E-state index in [1.54, 1.807) is 0 Å². The standard InChI is InChI=1S/C12H21N3/c1-4-6-7-11(5-2)13-10-12-8-9-14-15(12)3/h4,8-9,11,13H,1,5-7,10H2,2-3H3/t11-/m1/s1. The summed E-state index contributed by atoms with van der Waals surface area (Å²) >= 11 is 0. The summed E-state index contributed by atoms with van der Waals surface area (Å²) in [6, 6.07) is 2.63. The quantitative estimate of drug-likeness (QED) is 0.695. The van der Waals surface area contributed by atoms with E-state index in [2.05, 4.69) is 23.9 Å². The largest absolute Gasteiger partial charge is 0.308 e. The highest BCUT2D eigenvalue weighted by Crippen LogP contribution is 2.04. The molecule has 1 heterocycles. The molecule has 3 heteroatoms. The summed E-state index contributed by atoms with van der Waals surface area (Å²) in [5, 5.41) is 7.68. The molecular weight excluding hydrogens is 186 g/mol. The average molecular weight is 207 g/mol. The lowest BCUT2D eigenvalue weighted by Gasteiger charge is -2.15. The number of allylic oxidation sites excluding steroid dienone is 1. The molecular formula is C12H21N3. The van der Waals surface area contributed by atoms with Gasteiger partial charge in [-0.05, 0) is 25.3 Å². The lowest BCUT2D eigenvalue weighted by Crippen LogP contribution is -2.28. The zero-order valence-corrected chi connectivity index (χ0v) is 9.74. The van der Waals surface area contributed by atoms with Gasteiger partial charge in [0.1, 0.15) is 0 Å². The fourth-order valence-electron chi connectivity index (χ4n) is 1.59. The summed E-state index contributed by atoms with van der Waals surface area (Å²) in [6.07, 6.45) is 7.22. The molecule has 0 amide bonds. The van der Waals surface area contributed by atoms with E-state index in [-0.39, 0.29) is 0 Å². The number of aryl methyl sites for hydroxylation is 1. The van der Waals surface area contributed by atoms with Crippen LogP contribution in [0.5, 0.6) is 0 Å². The first-order chi connectivity index (χ1) is 7.27. The van der Waals surface area contributed by atoms with Gasteiger partial charge < -0.3 is 5.32 Å². The highest BCUT2D eigenvalue weighted by Gasteiger charge is 2.05. The molecule has 0 bridgehead atoms. The van der Waals surface area contributed by atoms with E-state index in [0.717, 1.165) is 25.8 Å². The van der Waals surface area contributed by atoms with Gasteiger partial charge in [-0.1, -0.05) is 13.0 Å². The van der Waals surface area contributed by atoms with Crippen LogP contribution >= 0.6 is 0 Å². The van der Waals surface area contributed by atoms with Crippen molar-refractivity contribution in [2.75, 3.05) is 0 Å². The maximum Gasteiger partial charge on any atom is 0.0518 e. The molecule has 0 fully saturated rings. The predicted molar refractivity (Wildman–Crippen MR) is 63.6 cm³/mol. The third kappa shape index (κ3) is 3.88. The Kier molecular flexibility index (Phi) is 5.12. The Balaban J connectivity index is 2.34. The second-order valence-electron chi connectivity index (χ2n) is 3.80. The first kappa shape index (κ1) is 12.0. The minimum Gasteiger partial charge on any atom is -0.308 e. The number of aromatic nitrogens is 2. The van der Waals surface area contributed by atoms with Crippen molar-refractivity contribution in [3.05, 3.63) is 30.6 Å². The Hall–Kier alpha value is -1.09. The number of hydrogen-bond acceptors (Lipinski definition) is 2. The topological polar surface area (TPSA) is 29.9 Å². The van der Waals surface area contributed by atoms with Crippen molar-refractivity contribution in [1.82, 2.24) is 15.1 Å². The summed E-state index contributed by atoms with van der Waals surface area (Å²) in [7, 11) is 1.97. The van der Waals surface area contributed by atoms with Gasteiger partial charge in [-0.25, -0.2) is 0 Å². The van der Waals surface area contributed by atoms with Crippen molar-refractivity contribution in [2.24, 2.45) is 7.05 Å². The van der Waals surface area contributed by atoms with E-state index in [4.69, 9.17) is 0 Å². The molecule has 1 rings (SSSR count). The van der Waals surface area contributed by atoms with E-state index < -0.39 is 0 Å². The second kappa shape index (κ2) is 6.40. The first-order valence-electron chi connectivity index (χ1n) is 5.59.